The van der Waals surface area contributed by atoms with E-state index in [-0.39, 0.29) is 24.0 Å². The highest BCUT2D eigenvalue weighted by Crippen LogP contribution is 2.38. The summed E-state index contributed by atoms with van der Waals surface area (Å²) < 4.78 is 40.1. The van der Waals surface area contributed by atoms with Crippen molar-refractivity contribution in [2.75, 3.05) is 26.2 Å². The summed E-state index contributed by atoms with van der Waals surface area (Å²) in [5.41, 5.74) is -0.226. The van der Waals surface area contributed by atoms with Crippen molar-refractivity contribution in [3.63, 3.8) is 0 Å². The maximum Gasteiger partial charge on any atom is 0.416 e. The van der Waals surface area contributed by atoms with Gasteiger partial charge in [0.1, 0.15) is 5.54 Å². The van der Waals surface area contributed by atoms with Gasteiger partial charge in [-0.15, -0.1) is 0 Å². The lowest BCUT2D eigenvalue weighted by Gasteiger charge is -2.42. The van der Waals surface area contributed by atoms with Crippen LogP contribution in [0.15, 0.2) is 54.6 Å². The van der Waals surface area contributed by atoms with Gasteiger partial charge in [0, 0.05) is 32.7 Å². The molecule has 0 bridgehead atoms. The van der Waals surface area contributed by atoms with Crippen LogP contribution in [-0.2, 0) is 23.9 Å². The molecule has 2 heterocycles. The average molecular weight is 460 g/mol. The average Bonchev–Trinajstić information content (AvgIpc) is 2.99. The topological polar surface area (TPSA) is 43.9 Å². The van der Waals surface area contributed by atoms with Gasteiger partial charge < -0.3 is 4.90 Å². The molecule has 0 N–H and O–H groups in total. The number of amides is 3. The maximum atomic E-state index is 13.4. The van der Waals surface area contributed by atoms with Crippen LogP contribution in [0.5, 0.6) is 0 Å². The maximum absolute atomic E-state index is 13.4. The first-order valence-electron chi connectivity index (χ1n) is 11.3. The smallest absolute Gasteiger partial charge is 0.309 e. The number of carbonyl (C=O) groups is 2. The summed E-state index contributed by atoms with van der Waals surface area (Å²) in [7, 11) is 0. The van der Waals surface area contributed by atoms with Crippen LogP contribution < -0.4 is 0 Å². The zero-order valence-electron chi connectivity index (χ0n) is 18.6. The Kier molecular flexibility index (Phi) is 6.47. The van der Waals surface area contributed by atoms with E-state index >= 15 is 0 Å². The van der Waals surface area contributed by atoms with Crippen molar-refractivity contribution in [1.82, 2.24) is 14.7 Å². The van der Waals surface area contributed by atoms with Crippen LogP contribution in [0.4, 0.5) is 18.0 Å². The van der Waals surface area contributed by atoms with E-state index in [1.165, 1.54) is 17.0 Å². The summed E-state index contributed by atoms with van der Waals surface area (Å²) in [4.78, 5) is 31.3. The number of urea groups is 1. The number of benzene rings is 2. The summed E-state index contributed by atoms with van der Waals surface area (Å²) in [6.45, 7) is 3.59. The molecule has 33 heavy (non-hydrogen) atoms. The van der Waals surface area contributed by atoms with E-state index in [1.54, 1.807) is 17.9 Å². The number of rotatable bonds is 6. The van der Waals surface area contributed by atoms with E-state index in [1.807, 2.05) is 35.2 Å². The third-order valence-electron chi connectivity index (χ3n) is 6.80. The van der Waals surface area contributed by atoms with Gasteiger partial charge in [0.2, 0.25) is 0 Å². The van der Waals surface area contributed by atoms with Gasteiger partial charge in [0.25, 0.3) is 5.91 Å². The van der Waals surface area contributed by atoms with E-state index in [2.05, 4.69) is 0 Å². The predicted octanol–water partition coefficient (Wildman–Crippen LogP) is 4.57. The zero-order chi connectivity index (χ0) is 23.6. The number of likely N-dealkylation sites (N-methyl/N-ethyl adjacent to an activating group) is 1. The third-order valence-corrected chi connectivity index (χ3v) is 6.80. The SMILES string of the molecule is CCN1C(=O)N(CCc2ccccc2)C2(CCN(Cc3ccccc3C(F)(F)F)CC2)C1=O. The lowest BCUT2D eigenvalue weighted by atomic mass is 9.85. The molecule has 2 fully saturated rings. The van der Waals surface area contributed by atoms with Gasteiger partial charge in [-0.25, -0.2) is 4.79 Å². The molecule has 2 saturated heterocycles. The number of carbonyl (C=O) groups excluding carboxylic acids is 2. The number of hydrogen-bond donors (Lipinski definition) is 0. The molecule has 8 heteroatoms. The van der Waals surface area contributed by atoms with Crippen LogP contribution in [0.25, 0.3) is 0 Å². The highest BCUT2D eigenvalue weighted by molar-refractivity contribution is 6.07. The minimum Gasteiger partial charge on any atom is -0.309 e. The Balaban J connectivity index is 1.50. The van der Waals surface area contributed by atoms with Crippen molar-refractivity contribution in [3.8, 4) is 0 Å². The van der Waals surface area contributed by atoms with Gasteiger partial charge in [-0.05, 0) is 43.4 Å². The monoisotopic (exact) mass is 459 g/mol. The molecule has 3 amide bonds. The summed E-state index contributed by atoms with van der Waals surface area (Å²) in [5.74, 6) is -0.182. The second kappa shape index (κ2) is 9.17. The molecule has 0 atom stereocenters. The Hall–Kier alpha value is -2.87. The zero-order valence-corrected chi connectivity index (χ0v) is 18.6. The molecular formula is C25H28F3N3O2. The van der Waals surface area contributed by atoms with E-state index in [0.29, 0.717) is 45.4 Å². The quantitative estimate of drug-likeness (QED) is 0.595. The highest BCUT2D eigenvalue weighted by Gasteiger charge is 2.57. The minimum atomic E-state index is -4.41. The van der Waals surface area contributed by atoms with Gasteiger partial charge >= 0.3 is 12.2 Å². The minimum absolute atomic E-state index is 0.162. The molecule has 0 aromatic heterocycles. The van der Waals surface area contributed by atoms with Gasteiger partial charge in [-0.1, -0.05) is 48.5 Å². The lowest BCUT2D eigenvalue weighted by Crippen LogP contribution is -2.56. The first-order valence-corrected chi connectivity index (χ1v) is 11.3. The second-order valence-electron chi connectivity index (χ2n) is 8.68. The van der Waals surface area contributed by atoms with E-state index in [4.69, 9.17) is 0 Å². The Morgan fingerprint density at radius 3 is 2.21 bits per heavy atom. The van der Waals surface area contributed by atoms with Gasteiger partial charge in [-0.2, -0.15) is 13.2 Å². The lowest BCUT2D eigenvalue weighted by molar-refractivity contribution is -0.138. The standard InChI is InChI=1S/C25H28F3N3O2/c1-2-30-22(32)24(31(23(30)33)15-12-19-8-4-3-5-9-19)13-16-29(17-14-24)18-20-10-6-7-11-21(20)25(26,27)28/h3-11H,2,12-18H2,1H3. The van der Waals surface area contributed by atoms with Crippen LogP contribution in [0, 0.1) is 0 Å². The Morgan fingerprint density at radius 2 is 1.58 bits per heavy atom. The molecule has 0 unspecified atom stereocenters. The number of piperidine rings is 1. The van der Waals surface area contributed by atoms with Gasteiger partial charge in [0.05, 0.1) is 5.56 Å². The number of hydrogen-bond acceptors (Lipinski definition) is 3. The van der Waals surface area contributed by atoms with E-state index < -0.39 is 17.3 Å². The molecule has 2 aromatic rings. The molecule has 0 aliphatic carbocycles. The van der Waals surface area contributed by atoms with Crippen molar-refractivity contribution in [1.29, 1.82) is 0 Å². The van der Waals surface area contributed by atoms with Crippen LogP contribution in [0.1, 0.15) is 36.5 Å². The molecule has 0 radical (unpaired) electrons. The fourth-order valence-corrected chi connectivity index (χ4v) is 5.00. The Labute approximate surface area is 191 Å². The van der Waals surface area contributed by atoms with Gasteiger partial charge in [-0.3, -0.25) is 14.6 Å². The highest BCUT2D eigenvalue weighted by atomic mass is 19.4. The molecule has 1 spiro atoms. The second-order valence-corrected chi connectivity index (χ2v) is 8.68. The van der Waals surface area contributed by atoms with E-state index in [0.717, 1.165) is 11.6 Å². The molecule has 2 aliphatic heterocycles. The third kappa shape index (κ3) is 4.49. The Morgan fingerprint density at radius 1 is 0.939 bits per heavy atom. The Bertz CT molecular complexity index is 1000. The normalized spacial score (nSPS) is 19.0. The number of likely N-dealkylation sites (tertiary alicyclic amines) is 1. The van der Waals surface area contributed by atoms with Crippen molar-refractivity contribution >= 4 is 11.9 Å². The summed E-state index contributed by atoms with van der Waals surface area (Å²) in [6.07, 6.45) is -2.94. The van der Waals surface area contributed by atoms with Crippen LogP contribution in [-0.4, -0.2) is 58.4 Å². The molecule has 2 aliphatic rings. The van der Waals surface area contributed by atoms with Crippen molar-refractivity contribution in [2.24, 2.45) is 0 Å². The number of alkyl halides is 3. The first kappa shape index (κ1) is 23.3. The molecule has 2 aromatic carbocycles. The van der Waals surface area contributed by atoms with Crippen LogP contribution >= 0.6 is 0 Å². The fraction of sp³-hybridized carbons (Fsp3) is 0.440. The number of imide groups is 1. The van der Waals surface area contributed by atoms with Crippen LogP contribution in [0.3, 0.4) is 0 Å². The van der Waals surface area contributed by atoms with E-state index in [9.17, 15) is 22.8 Å². The predicted molar refractivity (Wildman–Crippen MR) is 118 cm³/mol. The van der Waals surface area contributed by atoms with Crippen LogP contribution in [0.2, 0.25) is 0 Å². The largest absolute Gasteiger partial charge is 0.416 e. The van der Waals surface area contributed by atoms with Gasteiger partial charge in [0.15, 0.2) is 0 Å². The fourth-order valence-electron chi connectivity index (χ4n) is 5.00. The molecule has 0 saturated carbocycles. The summed E-state index contributed by atoms with van der Waals surface area (Å²) >= 11 is 0. The molecule has 5 nitrogen and oxygen atoms in total. The molecule has 176 valence electrons. The summed E-state index contributed by atoms with van der Waals surface area (Å²) in [5, 5.41) is 0. The van der Waals surface area contributed by atoms with Crippen molar-refractivity contribution in [2.45, 2.75) is 44.4 Å². The number of halogens is 3. The van der Waals surface area contributed by atoms with Crippen molar-refractivity contribution in [3.05, 3.63) is 71.3 Å². The van der Waals surface area contributed by atoms with Crippen molar-refractivity contribution < 1.29 is 22.8 Å². The summed E-state index contributed by atoms with van der Waals surface area (Å²) in [6, 6.07) is 15.1. The molecule has 4 rings (SSSR count). The number of nitrogens with zero attached hydrogens (tertiary/aromatic N) is 3. The molecular weight excluding hydrogens is 431 g/mol. The first-order chi connectivity index (χ1) is 15.8.